The molecule has 0 N–H and O–H groups in total. The molecule has 13 nitrogen and oxygen atoms in total. The molecule has 0 saturated heterocycles. The normalized spacial score (nSPS) is 14.2. The minimum absolute atomic E-state index is 0.0900. The second-order valence-corrected chi connectivity index (χ2v) is 13.4. The van der Waals surface area contributed by atoms with Crippen LogP contribution in [0.5, 0.6) is 17.4 Å². The number of aromatic nitrogens is 2. The van der Waals surface area contributed by atoms with Gasteiger partial charge >= 0.3 is 16.9 Å². The van der Waals surface area contributed by atoms with Gasteiger partial charge in [0, 0.05) is 13.0 Å². The Hall–Kier alpha value is -5.63. The molecule has 1 atom stereocenters. The third-order valence-electron chi connectivity index (χ3n) is 8.60. The second-order valence-electron chi connectivity index (χ2n) is 11.5. The number of hydrogen-bond acceptors (Lipinski definition) is 11. The minimum atomic E-state index is -4.30. The second kappa shape index (κ2) is 14.9. The summed E-state index contributed by atoms with van der Waals surface area (Å²) in [6.07, 6.45) is 0.869. The summed E-state index contributed by atoms with van der Waals surface area (Å²) in [5.41, 5.74) is 3.10. The highest BCUT2D eigenvalue weighted by Crippen LogP contribution is 2.40. The first-order valence-corrected chi connectivity index (χ1v) is 17.4. The number of carbonyl (C=O) groups is 2. The van der Waals surface area contributed by atoms with Gasteiger partial charge in [0.25, 0.3) is 9.84 Å². The Morgan fingerprint density at radius 2 is 1.66 bits per heavy atom. The number of rotatable bonds is 13. The fraction of sp³-hybridized carbons (Fsp3) is 0.278. The van der Waals surface area contributed by atoms with Crippen molar-refractivity contribution in [3.63, 3.8) is 0 Å². The summed E-state index contributed by atoms with van der Waals surface area (Å²) in [5, 5.41) is 16.9. The maximum Gasteiger partial charge on any atom is 0.415 e. The first kappa shape index (κ1) is 34.2. The van der Waals surface area contributed by atoms with Gasteiger partial charge in [-0.05, 0) is 69.5 Å². The molecule has 0 bridgehead atoms. The van der Waals surface area contributed by atoms with Crippen molar-refractivity contribution in [2.45, 2.75) is 41.6 Å². The fourth-order valence-corrected chi connectivity index (χ4v) is 7.48. The number of ether oxygens (including phenoxy) is 4. The van der Waals surface area contributed by atoms with Gasteiger partial charge in [-0.3, -0.25) is 14.2 Å². The number of amides is 1. The number of sulfone groups is 1. The number of carbonyl (C=O) groups excluding carboxylic acids is 2. The lowest BCUT2D eigenvalue weighted by Crippen LogP contribution is -2.41. The smallest absolute Gasteiger partial charge is 0.415 e. The molecule has 5 aromatic rings. The van der Waals surface area contributed by atoms with E-state index in [-0.39, 0.29) is 47.8 Å². The van der Waals surface area contributed by atoms with Gasteiger partial charge in [-0.25, -0.2) is 8.42 Å². The molecule has 2 heterocycles. The molecule has 1 amide bonds. The average molecular weight is 702 g/mol. The summed E-state index contributed by atoms with van der Waals surface area (Å²) < 4.78 is 52.1. The summed E-state index contributed by atoms with van der Waals surface area (Å²) in [7, 11) is -1.13. The number of esters is 1. The van der Waals surface area contributed by atoms with E-state index in [4.69, 9.17) is 18.9 Å². The zero-order chi connectivity index (χ0) is 35.3. The maximum absolute atomic E-state index is 13.7. The molecule has 1 aromatic heterocycles. The number of hydrogen-bond donors (Lipinski definition) is 0. The van der Waals surface area contributed by atoms with Crippen LogP contribution in [0.25, 0.3) is 10.8 Å². The Morgan fingerprint density at radius 1 is 0.940 bits per heavy atom. The molecule has 260 valence electrons. The summed E-state index contributed by atoms with van der Waals surface area (Å²) in [6.45, 7) is -0.151. The highest BCUT2D eigenvalue weighted by Gasteiger charge is 2.36. The van der Waals surface area contributed by atoms with Crippen LogP contribution >= 0.6 is 0 Å². The lowest BCUT2D eigenvalue weighted by atomic mass is 9.86. The summed E-state index contributed by atoms with van der Waals surface area (Å²) in [6, 6.07) is 25.1. The molecule has 0 radical (unpaired) electrons. The van der Waals surface area contributed by atoms with Gasteiger partial charge in [0.15, 0.2) is 11.5 Å². The van der Waals surface area contributed by atoms with Crippen LogP contribution in [-0.2, 0) is 37.0 Å². The molecule has 1 aliphatic heterocycles. The van der Waals surface area contributed by atoms with E-state index in [1.54, 1.807) is 20.3 Å². The third-order valence-corrected chi connectivity index (χ3v) is 10.3. The summed E-state index contributed by atoms with van der Waals surface area (Å²) >= 11 is 0. The fourth-order valence-electron chi connectivity index (χ4n) is 6.19. The van der Waals surface area contributed by atoms with E-state index in [0.717, 1.165) is 27.5 Å². The molecule has 1 aliphatic rings. The van der Waals surface area contributed by atoms with Crippen LogP contribution < -0.4 is 19.1 Å². The minimum Gasteiger partial charge on any atom is -0.493 e. The molecule has 50 heavy (non-hydrogen) atoms. The number of fused-ring (bicyclic) bond motifs is 2. The van der Waals surface area contributed by atoms with Crippen molar-refractivity contribution >= 4 is 32.5 Å². The Kier molecular flexibility index (Phi) is 10.2. The van der Waals surface area contributed by atoms with Gasteiger partial charge in [0.1, 0.15) is 13.2 Å². The van der Waals surface area contributed by atoms with Gasteiger partial charge in [0.05, 0.1) is 36.7 Å². The van der Waals surface area contributed by atoms with Gasteiger partial charge in [-0.1, -0.05) is 60.7 Å². The van der Waals surface area contributed by atoms with Crippen LogP contribution in [0.15, 0.2) is 99.5 Å². The van der Waals surface area contributed by atoms with E-state index in [1.807, 2.05) is 35.2 Å². The average Bonchev–Trinajstić information content (AvgIpc) is 3.52. The van der Waals surface area contributed by atoms with Crippen molar-refractivity contribution in [3.05, 3.63) is 107 Å². The van der Waals surface area contributed by atoms with E-state index >= 15 is 0 Å². The molecule has 4 aromatic carbocycles. The van der Waals surface area contributed by atoms with E-state index in [9.17, 15) is 23.2 Å². The predicted molar refractivity (Wildman–Crippen MR) is 178 cm³/mol. The highest BCUT2D eigenvalue weighted by atomic mass is 32.2. The SMILES string of the molecule is COc1cc2c(cc1OC)C(Cc1cccc3ccccc13)N(C(=O)CCC(=O)OCCOc1no[n+]([O-])c1S(=O)(=O)c1ccccc1)CC2. The molecule has 0 spiro atoms. The van der Waals surface area contributed by atoms with Gasteiger partial charge in [-0.15, -0.1) is 0 Å². The van der Waals surface area contributed by atoms with E-state index < -0.39 is 26.7 Å². The standard InChI is InChI=1S/C36H35N3O10S/c1-45-31-22-26-17-18-38(30(29(26)23-32(31)46-2)21-25-11-8-10-24-9-6-7-14-28(24)25)33(40)15-16-34(41)47-19-20-48-35-36(39(42)49-37-35)50(43,44)27-12-4-3-5-13-27/h3-14,22-23,30H,15-21H2,1-2H3. The molecule has 14 heteroatoms. The quantitative estimate of drug-likeness (QED) is 0.0973. The van der Waals surface area contributed by atoms with Crippen molar-refractivity contribution in [2.75, 3.05) is 34.0 Å². The first-order valence-electron chi connectivity index (χ1n) is 15.9. The predicted octanol–water partition coefficient (Wildman–Crippen LogP) is 4.38. The molecule has 6 rings (SSSR count). The zero-order valence-corrected chi connectivity index (χ0v) is 28.3. The zero-order valence-electron chi connectivity index (χ0n) is 27.4. The summed E-state index contributed by atoms with van der Waals surface area (Å²) in [4.78, 5) is 27.8. The molecular weight excluding hydrogens is 666 g/mol. The van der Waals surface area contributed by atoms with Crippen molar-refractivity contribution in [1.29, 1.82) is 0 Å². The van der Waals surface area contributed by atoms with Crippen LogP contribution in [0.3, 0.4) is 0 Å². The number of nitrogens with zero attached hydrogens (tertiary/aromatic N) is 3. The molecule has 0 saturated carbocycles. The van der Waals surface area contributed by atoms with Crippen molar-refractivity contribution in [1.82, 2.24) is 10.1 Å². The molecular formula is C36H35N3O10S. The lowest BCUT2D eigenvalue weighted by molar-refractivity contribution is -0.832. The first-order chi connectivity index (χ1) is 24.2. The van der Waals surface area contributed by atoms with Crippen LogP contribution in [0.1, 0.15) is 35.6 Å². The Balaban J connectivity index is 1.11. The number of methoxy groups -OCH3 is 2. The van der Waals surface area contributed by atoms with Crippen LogP contribution in [0.2, 0.25) is 0 Å². The Bertz CT molecular complexity index is 2110. The van der Waals surface area contributed by atoms with E-state index in [1.165, 1.54) is 24.3 Å². The third kappa shape index (κ3) is 7.06. The Morgan fingerprint density at radius 3 is 2.44 bits per heavy atom. The lowest BCUT2D eigenvalue weighted by Gasteiger charge is -2.38. The molecule has 0 aliphatic carbocycles. The van der Waals surface area contributed by atoms with Crippen LogP contribution in [0, 0.1) is 5.21 Å². The topological polar surface area (TPSA) is 161 Å². The monoisotopic (exact) mass is 701 g/mol. The highest BCUT2D eigenvalue weighted by molar-refractivity contribution is 7.91. The molecule has 1 unspecified atom stereocenters. The van der Waals surface area contributed by atoms with E-state index in [2.05, 4.69) is 34.1 Å². The van der Waals surface area contributed by atoms with Gasteiger partial charge in [0.2, 0.25) is 5.91 Å². The van der Waals surface area contributed by atoms with Crippen molar-refractivity contribution in [2.24, 2.45) is 0 Å². The maximum atomic E-state index is 13.7. The van der Waals surface area contributed by atoms with E-state index in [0.29, 0.717) is 30.9 Å². The number of benzene rings is 4. The van der Waals surface area contributed by atoms with Crippen LogP contribution in [-0.4, -0.2) is 64.3 Å². The van der Waals surface area contributed by atoms with Gasteiger partial charge in [-0.2, -0.15) is 0 Å². The largest absolute Gasteiger partial charge is 0.493 e. The van der Waals surface area contributed by atoms with Crippen LogP contribution in [0.4, 0.5) is 0 Å². The Labute approximate surface area is 288 Å². The van der Waals surface area contributed by atoms with Gasteiger partial charge < -0.3 is 29.1 Å². The van der Waals surface area contributed by atoms with Crippen molar-refractivity contribution in [3.8, 4) is 17.4 Å². The van der Waals surface area contributed by atoms with Crippen molar-refractivity contribution < 1.29 is 46.5 Å². The summed E-state index contributed by atoms with van der Waals surface area (Å²) in [5.74, 6) is -0.233. The molecule has 0 fully saturated rings.